The summed E-state index contributed by atoms with van der Waals surface area (Å²) in [5.41, 5.74) is 5.87. The molecule has 0 spiro atoms. The Kier molecular flexibility index (Phi) is 8.13. The lowest BCUT2D eigenvalue weighted by molar-refractivity contribution is 0.0260. The van der Waals surface area contributed by atoms with Gasteiger partial charge in [-0.1, -0.05) is 38.5 Å². The van der Waals surface area contributed by atoms with Crippen LogP contribution in [0.5, 0.6) is 0 Å². The number of hydrogen-bond acceptors (Lipinski definition) is 4. The number of ether oxygens (including phenoxy) is 1. The summed E-state index contributed by atoms with van der Waals surface area (Å²) in [4.78, 5) is 14.4. The Morgan fingerprint density at radius 3 is 2.37 bits per heavy atom. The first-order chi connectivity index (χ1) is 14.1. The minimum atomic E-state index is -0.535. The zero-order valence-corrected chi connectivity index (χ0v) is 19.6. The molecule has 0 aliphatic carbocycles. The van der Waals surface area contributed by atoms with E-state index in [-0.39, 0.29) is 12.7 Å². The van der Waals surface area contributed by atoms with E-state index < -0.39 is 5.60 Å². The first-order valence-corrected chi connectivity index (χ1v) is 10.9. The van der Waals surface area contributed by atoms with Gasteiger partial charge in [-0.25, -0.2) is 4.79 Å². The molecular formula is C25H38N2O3. The highest BCUT2D eigenvalue weighted by atomic mass is 16.6. The van der Waals surface area contributed by atoms with Crippen molar-refractivity contribution in [3.63, 3.8) is 0 Å². The molecule has 2 rings (SSSR count). The van der Waals surface area contributed by atoms with Crippen LogP contribution < -0.4 is 5.32 Å². The third kappa shape index (κ3) is 6.36. The number of carbonyl (C=O) groups excluding carboxylic acids is 1. The molecule has 1 amide bonds. The Labute approximate surface area is 181 Å². The van der Waals surface area contributed by atoms with Gasteiger partial charge in [0.1, 0.15) is 5.60 Å². The zero-order chi connectivity index (χ0) is 22.5. The van der Waals surface area contributed by atoms with Gasteiger partial charge < -0.3 is 20.1 Å². The topological polar surface area (TPSA) is 61.8 Å². The fraction of sp³-hybridized carbons (Fsp3) is 0.560. The van der Waals surface area contributed by atoms with Crippen LogP contribution in [0.25, 0.3) is 0 Å². The summed E-state index contributed by atoms with van der Waals surface area (Å²) in [7, 11) is 0. The normalized spacial score (nSPS) is 16.0. The van der Waals surface area contributed by atoms with Crippen LogP contribution in [0.4, 0.5) is 10.5 Å². The molecule has 30 heavy (non-hydrogen) atoms. The second kappa shape index (κ2) is 10.2. The van der Waals surface area contributed by atoms with Gasteiger partial charge in [-0.2, -0.15) is 0 Å². The van der Waals surface area contributed by atoms with E-state index in [1.54, 1.807) is 4.90 Å². The molecule has 0 radical (unpaired) electrons. The smallest absolute Gasteiger partial charge is 0.410 e. The van der Waals surface area contributed by atoms with E-state index in [0.29, 0.717) is 25.4 Å². The standard InChI is InChI=1S/C25H38N2O3/c1-8-18(4)22(16-28)21-15-27(24(29)30-25(5,6)7)14-13-23(21)26-20-11-9-19(10-12-20)17(2)3/h9-12,17,26,28H,8,13-16H2,1-7H3. The number of rotatable bonds is 6. The third-order valence-electron chi connectivity index (χ3n) is 5.44. The van der Waals surface area contributed by atoms with Gasteiger partial charge in [-0.3, -0.25) is 0 Å². The molecule has 0 atom stereocenters. The molecule has 1 aliphatic heterocycles. The van der Waals surface area contributed by atoms with Gasteiger partial charge in [-0.15, -0.1) is 0 Å². The lowest BCUT2D eigenvalue weighted by Gasteiger charge is -2.34. The Morgan fingerprint density at radius 1 is 1.23 bits per heavy atom. The lowest BCUT2D eigenvalue weighted by Crippen LogP contribution is -2.42. The summed E-state index contributed by atoms with van der Waals surface area (Å²) in [5.74, 6) is 0.488. The molecule has 2 N–H and O–H groups in total. The van der Waals surface area contributed by atoms with E-state index >= 15 is 0 Å². The molecule has 5 nitrogen and oxygen atoms in total. The van der Waals surface area contributed by atoms with Crippen LogP contribution in [-0.4, -0.2) is 41.4 Å². The van der Waals surface area contributed by atoms with E-state index in [2.05, 4.69) is 50.4 Å². The maximum absolute atomic E-state index is 12.7. The van der Waals surface area contributed by atoms with Crippen molar-refractivity contribution < 1.29 is 14.6 Å². The van der Waals surface area contributed by atoms with Crippen molar-refractivity contribution in [1.82, 2.24) is 4.90 Å². The van der Waals surface area contributed by atoms with Crippen LogP contribution >= 0.6 is 0 Å². The van der Waals surface area contributed by atoms with Gasteiger partial charge >= 0.3 is 6.09 Å². The molecular weight excluding hydrogens is 376 g/mol. The SMILES string of the molecule is CCC(C)=C(CO)C1=C(Nc2ccc(C(C)C)cc2)CCN(C(=O)OC(C)(C)C)C1. The minimum absolute atomic E-state index is 0.0470. The number of anilines is 1. The van der Waals surface area contributed by atoms with Gasteiger partial charge in [-0.05, 0) is 68.9 Å². The second-order valence-corrected chi connectivity index (χ2v) is 9.28. The van der Waals surface area contributed by atoms with Crippen LogP contribution in [0, 0.1) is 0 Å². The Bertz CT molecular complexity index is 799. The highest BCUT2D eigenvalue weighted by molar-refractivity contribution is 5.70. The fourth-order valence-electron chi connectivity index (χ4n) is 3.49. The van der Waals surface area contributed by atoms with Crippen molar-refractivity contribution in [2.45, 2.75) is 72.8 Å². The Balaban J connectivity index is 2.36. The number of aliphatic hydroxyl groups excluding tert-OH is 1. The fourth-order valence-corrected chi connectivity index (χ4v) is 3.49. The average Bonchev–Trinajstić information content (AvgIpc) is 2.68. The lowest BCUT2D eigenvalue weighted by atomic mass is 9.93. The monoisotopic (exact) mass is 414 g/mol. The molecule has 0 bridgehead atoms. The molecule has 0 saturated carbocycles. The van der Waals surface area contributed by atoms with Gasteiger partial charge in [0, 0.05) is 24.4 Å². The zero-order valence-electron chi connectivity index (χ0n) is 19.6. The maximum Gasteiger partial charge on any atom is 0.410 e. The van der Waals surface area contributed by atoms with Gasteiger partial charge in [0.05, 0.1) is 13.2 Å². The third-order valence-corrected chi connectivity index (χ3v) is 5.44. The summed E-state index contributed by atoms with van der Waals surface area (Å²) in [6.45, 7) is 15.1. The minimum Gasteiger partial charge on any atom is -0.444 e. The molecule has 1 aromatic rings. The molecule has 0 unspecified atom stereocenters. The van der Waals surface area contributed by atoms with E-state index in [1.165, 1.54) is 5.56 Å². The summed E-state index contributed by atoms with van der Waals surface area (Å²) in [6, 6.07) is 8.47. The van der Waals surface area contributed by atoms with Crippen molar-refractivity contribution in [2.24, 2.45) is 0 Å². The highest BCUT2D eigenvalue weighted by Crippen LogP contribution is 2.29. The number of benzene rings is 1. The summed E-state index contributed by atoms with van der Waals surface area (Å²) < 4.78 is 5.58. The Hall–Kier alpha value is -2.27. The van der Waals surface area contributed by atoms with Gasteiger partial charge in [0.2, 0.25) is 0 Å². The van der Waals surface area contributed by atoms with Crippen molar-refractivity contribution in [3.8, 4) is 0 Å². The molecule has 1 aliphatic rings. The number of carbonyl (C=O) groups is 1. The molecule has 1 aromatic carbocycles. The number of amides is 1. The van der Waals surface area contributed by atoms with Crippen molar-refractivity contribution in [3.05, 3.63) is 52.2 Å². The number of hydrogen-bond donors (Lipinski definition) is 2. The molecule has 166 valence electrons. The van der Waals surface area contributed by atoms with Crippen molar-refractivity contribution >= 4 is 11.8 Å². The molecule has 0 aromatic heterocycles. The first kappa shape index (κ1) is 24.0. The van der Waals surface area contributed by atoms with E-state index in [4.69, 9.17) is 4.74 Å². The van der Waals surface area contributed by atoms with Crippen molar-refractivity contribution in [1.29, 1.82) is 0 Å². The van der Waals surface area contributed by atoms with Crippen LogP contribution in [-0.2, 0) is 4.74 Å². The maximum atomic E-state index is 12.7. The van der Waals surface area contributed by atoms with Gasteiger partial charge in [0.15, 0.2) is 0 Å². The van der Waals surface area contributed by atoms with E-state index in [1.807, 2.05) is 27.7 Å². The number of nitrogens with one attached hydrogen (secondary N) is 1. The van der Waals surface area contributed by atoms with Crippen LogP contribution in [0.1, 0.15) is 72.8 Å². The van der Waals surface area contributed by atoms with Crippen molar-refractivity contribution in [2.75, 3.05) is 25.0 Å². The number of nitrogens with zero attached hydrogens (tertiary/aromatic N) is 1. The summed E-state index contributed by atoms with van der Waals surface area (Å²) >= 11 is 0. The van der Waals surface area contributed by atoms with E-state index in [0.717, 1.165) is 34.5 Å². The second-order valence-electron chi connectivity index (χ2n) is 9.28. The first-order valence-electron chi connectivity index (χ1n) is 10.9. The van der Waals surface area contributed by atoms with Gasteiger partial charge in [0.25, 0.3) is 0 Å². The molecule has 1 heterocycles. The predicted octanol–water partition coefficient (Wildman–Crippen LogP) is 5.84. The molecule has 0 saturated heterocycles. The predicted molar refractivity (Wildman–Crippen MR) is 124 cm³/mol. The largest absolute Gasteiger partial charge is 0.444 e. The van der Waals surface area contributed by atoms with Crippen LogP contribution in [0.3, 0.4) is 0 Å². The van der Waals surface area contributed by atoms with Crippen LogP contribution in [0.2, 0.25) is 0 Å². The molecule has 5 heteroatoms. The van der Waals surface area contributed by atoms with E-state index in [9.17, 15) is 9.90 Å². The molecule has 0 fully saturated rings. The average molecular weight is 415 g/mol. The number of aliphatic hydroxyl groups is 1. The number of allylic oxidation sites excluding steroid dienone is 1. The van der Waals surface area contributed by atoms with Crippen LogP contribution in [0.15, 0.2) is 46.7 Å². The highest BCUT2D eigenvalue weighted by Gasteiger charge is 2.28. The quantitative estimate of drug-likeness (QED) is 0.614. The Morgan fingerprint density at radius 2 is 1.87 bits per heavy atom. The summed E-state index contributed by atoms with van der Waals surface area (Å²) in [5, 5.41) is 13.7. The summed E-state index contributed by atoms with van der Waals surface area (Å²) in [6.07, 6.45) is 1.22.